The third kappa shape index (κ3) is 3.93. The largest absolute Gasteiger partial charge is 0.393 e. The Labute approximate surface area is 97.9 Å². The van der Waals surface area contributed by atoms with E-state index < -0.39 is 0 Å². The van der Waals surface area contributed by atoms with E-state index in [9.17, 15) is 4.79 Å². The van der Waals surface area contributed by atoms with Gasteiger partial charge in [0.2, 0.25) is 0 Å². The van der Waals surface area contributed by atoms with Gasteiger partial charge >= 0.3 is 0 Å². The fourth-order valence-corrected chi connectivity index (χ4v) is 1.96. The molecule has 1 amide bonds. The lowest BCUT2D eigenvalue weighted by Gasteiger charge is -2.11. The van der Waals surface area contributed by atoms with Gasteiger partial charge in [0.25, 0.3) is 5.91 Å². The number of hydrogen-bond donors (Lipinski definition) is 2. The number of nitrogens with zero attached hydrogens (tertiary/aromatic N) is 1. The van der Waals surface area contributed by atoms with Crippen LogP contribution in [0, 0.1) is 6.92 Å². The molecular weight excluding hydrogens is 230 g/mol. The average Bonchev–Trinajstić information content (AvgIpc) is 2.49. The predicted octanol–water partition coefficient (Wildman–Crippen LogP) is 1.25. The van der Waals surface area contributed by atoms with Crippen molar-refractivity contribution in [2.24, 2.45) is 5.73 Å². The van der Waals surface area contributed by atoms with E-state index in [4.69, 9.17) is 18.0 Å². The van der Waals surface area contributed by atoms with Crippen LogP contribution in [-0.2, 0) is 0 Å². The molecule has 1 heterocycles. The lowest BCUT2D eigenvalue weighted by Crippen LogP contribution is -2.35. The Balaban J connectivity index is 2.52. The maximum Gasteiger partial charge on any atom is 0.270 e. The molecule has 6 heteroatoms. The molecule has 82 valence electrons. The molecule has 0 fully saturated rings. The summed E-state index contributed by atoms with van der Waals surface area (Å²) >= 11 is 6.21. The summed E-state index contributed by atoms with van der Waals surface area (Å²) in [4.78, 5) is 16.1. The lowest BCUT2D eigenvalue weighted by atomic mass is 10.2. The van der Waals surface area contributed by atoms with E-state index in [0.29, 0.717) is 17.1 Å². The zero-order valence-electron chi connectivity index (χ0n) is 8.61. The fourth-order valence-electron chi connectivity index (χ4n) is 1.12. The van der Waals surface area contributed by atoms with Gasteiger partial charge < -0.3 is 11.1 Å². The number of nitrogens with two attached hydrogens (primary N) is 1. The van der Waals surface area contributed by atoms with Crippen molar-refractivity contribution in [3.63, 3.8) is 0 Å². The molecule has 1 rings (SSSR count). The number of carbonyl (C=O) groups excluding carboxylic acids is 1. The number of thiocarbonyl (C=S) groups is 1. The first-order chi connectivity index (χ1) is 6.99. The highest BCUT2D eigenvalue weighted by Gasteiger charge is 2.12. The number of aromatic nitrogens is 1. The van der Waals surface area contributed by atoms with Gasteiger partial charge in [-0.1, -0.05) is 12.2 Å². The molecule has 15 heavy (non-hydrogen) atoms. The normalized spacial score (nSPS) is 12.1. The molecule has 0 radical (unpaired) electrons. The van der Waals surface area contributed by atoms with E-state index in [0.717, 1.165) is 5.01 Å². The summed E-state index contributed by atoms with van der Waals surface area (Å²) in [5.74, 6) is -0.178. The number of aryl methyl sites for hydroxylation is 1. The second-order valence-electron chi connectivity index (χ2n) is 3.30. The van der Waals surface area contributed by atoms with Gasteiger partial charge in [-0.15, -0.1) is 11.3 Å². The van der Waals surface area contributed by atoms with Crippen molar-refractivity contribution < 1.29 is 4.79 Å². The molecule has 1 atom stereocenters. The molecule has 0 aliphatic carbocycles. The topological polar surface area (TPSA) is 68.0 Å². The molecule has 0 aliphatic heterocycles. The Bertz CT molecular complexity index is 375. The maximum atomic E-state index is 11.6. The smallest absolute Gasteiger partial charge is 0.270 e. The van der Waals surface area contributed by atoms with E-state index in [1.165, 1.54) is 11.3 Å². The highest BCUT2D eigenvalue weighted by atomic mass is 32.1. The summed E-state index contributed by atoms with van der Waals surface area (Å²) in [6, 6.07) is -0.0583. The van der Waals surface area contributed by atoms with Crippen molar-refractivity contribution in [3.05, 3.63) is 16.1 Å². The summed E-state index contributed by atoms with van der Waals surface area (Å²) in [7, 11) is 0. The molecule has 0 aromatic carbocycles. The van der Waals surface area contributed by atoms with Crippen molar-refractivity contribution in [2.45, 2.75) is 26.3 Å². The fraction of sp³-hybridized carbons (Fsp3) is 0.444. The van der Waals surface area contributed by atoms with E-state index in [1.54, 1.807) is 5.38 Å². The number of rotatable bonds is 4. The zero-order valence-corrected chi connectivity index (χ0v) is 10.2. The quantitative estimate of drug-likeness (QED) is 0.781. The molecule has 1 aromatic heterocycles. The van der Waals surface area contributed by atoms with Gasteiger partial charge in [0.05, 0.1) is 10.00 Å². The minimum absolute atomic E-state index is 0.0583. The van der Waals surface area contributed by atoms with Crippen LogP contribution in [0.1, 0.15) is 28.8 Å². The molecule has 0 saturated carbocycles. The number of hydrogen-bond acceptors (Lipinski definition) is 4. The Morgan fingerprint density at radius 1 is 1.80 bits per heavy atom. The van der Waals surface area contributed by atoms with Crippen LogP contribution in [0.5, 0.6) is 0 Å². The summed E-state index contributed by atoms with van der Waals surface area (Å²) in [6.07, 6.45) is 0.504. The van der Waals surface area contributed by atoms with Gasteiger partial charge in [0.15, 0.2) is 0 Å². The maximum absolute atomic E-state index is 11.6. The number of amides is 1. The van der Waals surface area contributed by atoms with Crippen molar-refractivity contribution >= 4 is 34.5 Å². The summed E-state index contributed by atoms with van der Waals surface area (Å²) in [5, 5.41) is 5.39. The standard InChI is InChI=1S/C9H13N3OS2/c1-5(3-8(10)14)11-9(13)7-4-15-6(2)12-7/h4-5H,3H2,1-2H3,(H2,10,14)(H,11,13). The van der Waals surface area contributed by atoms with Crippen LogP contribution >= 0.6 is 23.6 Å². The zero-order chi connectivity index (χ0) is 11.4. The minimum atomic E-state index is -0.178. The van der Waals surface area contributed by atoms with Crippen LogP contribution in [0.25, 0.3) is 0 Å². The molecule has 1 unspecified atom stereocenters. The Morgan fingerprint density at radius 2 is 2.47 bits per heavy atom. The molecule has 0 bridgehead atoms. The Kier molecular flexibility index (Phi) is 4.16. The molecule has 3 N–H and O–H groups in total. The van der Waals surface area contributed by atoms with Crippen LogP contribution in [0.15, 0.2) is 5.38 Å². The number of carbonyl (C=O) groups is 1. The van der Waals surface area contributed by atoms with Crippen LogP contribution in [0.2, 0.25) is 0 Å². The lowest BCUT2D eigenvalue weighted by molar-refractivity contribution is 0.0937. The van der Waals surface area contributed by atoms with Crippen molar-refractivity contribution in [1.82, 2.24) is 10.3 Å². The molecule has 0 aliphatic rings. The third-order valence-electron chi connectivity index (χ3n) is 1.74. The summed E-state index contributed by atoms with van der Waals surface area (Å²) in [6.45, 7) is 3.72. The van der Waals surface area contributed by atoms with Gasteiger partial charge in [0.1, 0.15) is 5.69 Å². The van der Waals surface area contributed by atoms with Crippen LogP contribution in [0.4, 0.5) is 0 Å². The van der Waals surface area contributed by atoms with E-state index in [-0.39, 0.29) is 11.9 Å². The molecular formula is C9H13N3OS2. The number of nitrogens with one attached hydrogen (secondary N) is 1. The highest BCUT2D eigenvalue weighted by Crippen LogP contribution is 2.08. The first kappa shape index (κ1) is 12.1. The Hall–Kier alpha value is -1.01. The number of thiazole rings is 1. The van der Waals surface area contributed by atoms with Crippen LogP contribution < -0.4 is 11.1 Å². The van der Waals surface area contributed by atoms with Gasteiger partial charge in [-0.2, -0.15) is 0 Å². The molecule has 0 saturated heterocycles. The average molecular weight is 243 g/mol. The molecule has 1 aromatic rings. The second kappa shape index (κ2) is 5.18. The molecule has 4 nitrogen and oxygen atoms in total. The monoisotopic (exact) mass is 243 g/mol. The van der Waals surface area contributed by atoms with Crippen molar-refractivity contribution in [3.8, 4) is 0 Å². The second-order valence-corrected chi connectivity index (χ2v) is 4.88. The van der Waals surface area contributed by atoms with Gasteiger partial charge in [-0.3, -0.25) is 4.79 Å². The highest BCUT2D eigenvalue weighted by molar-refractivity contribution is 7.80. The van der Waals surface area contributed by atoms with Gasteiger partial charge in [-0.05, 0) is 13.8 Å². The van der Waals surface area contributed by atoms with E-state index in [2.05, 4.69) is 10.3 Å². The first-order valence-corrected chi connectivity index (χ1v) is 5.79. The predicted molar refractivity (Wildman–Crippen MR) is 65.2 cm³/mol. The van der Waals surface area contributed by atoms with Crippen LogP contribution in [0.3, 0.4) is 0 Å². The van der Waals surface area contributed by atoms with Crippen LogP contribution in [-0.4, -0.2) is 21.9 Å². The van der Waals surface area contributed by atoms with Crippen molar-refractivity contribution in [1.29, 1.82) is 0 Å². The Morgan fingerprint density at radius 3 is 2.93 bits per heavy atom. The SMILES string of the molecule is Cc1nc(C(=O)NC(C)CC(N)=S)cs1. The third-order valence-corrected chi connectivity index (χ3v) is 2.68. The van der Waals surface area contributed by atoms with Gasteiger partial charge in [-0.25, -0.2) is 4.98 Å². The molecule has 0 spiro atoms. The van der Waals surface area contributed by atoms with Crippen molar-refractivity contribution in [2.75, 3.05) is 0 Å². The first-order valence-electron chi connectivity index (χ1n) is 4.50. The van der Waals surface area contributed by atoms with Gasteiger partial charge in [0, 0.05) is 17.8 Å². The summed E-state index contributed by atoms with van der Waals surface area (Å²) < 4.78 is 0. The van der Waals surface area contributed by atoms with E-state index >= 15 is 0 Å². The summed E-state index contributed by atoms with van der Waals surface area (Å²) in [5.41, 5.74) is 5.83. The minimum Gasteiger partial charge on any atom is -0.393 e. The van der Waals surface area contributed by atoms with E-state index in [1.807, 2.05) is 13.8 Å².